The smallest absolute Gasteiger partial charge is 0.417 e. The van der Waals surface area contributed by atoms with Crippen LogP contribution in [-0.2, 0) is 6.54 Å². The number of methoxy groups -OCH3 is 2. The normalized spacial score (nSPS) is 9.80. The number of hydrogen-bond acceptors (Lipinski definition) is 6. The number of H-pyrrole nitrogens is 1. The molecule has 0 bridgehead atoms. The predicted molar refractivity (Wildman–Crippen MR) is 110 cm³/mol. The van der Waals surface area contributed by atoms with E-state index in [2.05, 4.69) is 15.6 Å². The lowest BCUT2D eigenvalue weighted by Gasteiger charge is -2.09. The van der Waals surface area contributed by atoms with Gasteiger partial charge in [-0.15, -0.1) is 0 Å². The third kappa shape index (κ3) is 6.18. The van der Waals surface area contributed by atoms with E-state index in [4.69, 9.17) is 19.9 Å². The highest BCUT2D eigenvalue weighted by Crippen LogP contribution is 2.23. The van der Waals surface area contributed by atoms with E-state index < -0.39 is 6.09 Å². The number of carbonyl (C=O) groups excluding carboxylic acids is 1. The zero-order valence-corrected chi connectivity index (χ0v) is 17.3. The Balaban J connectivity index is 0.00000320. The van der Waals surface area contributed by atoms with Gasteiger partial charge in [0.15, 0.2) is 0 Å². The summed E-state index contributed by atoms with van der Waals surface area (Å²) in [5.41, 5.74) is 7.41. The zero-order valence-electron chi connectivity index (χ0n) is 16.6. The van der Waals surface area contributed by atoms with Crippen LogP contribution in [0.2, 0.25) is 0 Å². The van der Waals surface area contributed by atoms with Crippen LogP contribution in [0, 0.1) is 0 Å². The van der Waals surface area contributed by atoms with E-state index >= 15 is 0 Å². The van der Waals surface area contributed by atoms with Gasteiger partial charge in [-0.1, -0.05) is 18.2 Å². The summed E-state index contributed by atoms with van der Waals surface area (Å²) in [7, 11) is 3.21. The second-order valence-electron chi connectivity index (χ2n) is 6.10. The number of pyridine rings is 1. The molecule has 1 heterocycles. The molecule has 0 fully saturated rings. The summed E-state index contributed by atoms with van der Waals surface area (Å²) in [6.07, 6.45) is -0.625. The summed E-state index contributed by atoms with van der Waals surface area (Å²) in [4.78, 5) is 15.0. The summed E-state index contributed by atoms with van der Waals surface area (Å²) in [5, 5.41) is 5.85. The Kier molecular flexibility index (Phi) is 8.13. The van der Waals surface area contributed by atoms with Crippen LogP contribution in [0.3, 0.4) is 0 Å². The van der Waals surface area contributed by atoms with Gasteiger partial charge in [-0.2, -0.15) is 0 Å². The lowest BCUT2D eigenvalue weighted by Crippen LogP contribution is -3.00. The number of benzene rings is 2. The van der Waals surface area contributed by atoms with Crippen LogP contribution in [0.5, 0.6) is 17.2 Å². The molecule has 0 spiro atoms. The molecule has 0 radical (unpaired) electrons. The molecule has 0 saturated heterocycles. The fourth-order valence-corrected chi connectivity index (χ4v) is 2.62. The van der Waals surface area contributed by atoms with Gasteiger partial charge in [0.05, 0.1) is 20.8 Å². The Bertz CT molecular complexity index is 964. The van der Waals surface area contributed by atoms with Crippen molar-refractivity contribution in [1.29, 1.82) is 0 Å². The average molecular weight is 431 g/mol. The molecule has 3 rings (SSSR count). The maximum absolute atomic E-state index is 12.0. The van der Waals surface area contributed by atoms with Gasteiger partial charge in [0, 0.05) is 12.1 Å². The summed E-state index contributed by atoms with van der Waals surface area (Å²) >= 11 is 0. The maximum Gasteiger partial charge on any atom is 0.417 e. The van der Waals surface area contributed by atoms with E-state index in [1.807, 2.05) is 24.3 Å². The third-order valence-electron chi connectivity index (χ3n) is 4.06. The van der Waals surface area contributed by atoms with Crippen LogP contribution in [0.1, 0.15) is 5.56 Å². The molecule has 5 N–H and O–H groups in total. The van der Waals surface area contributed by atoms with Crippen molar-refractivity contribution in [3.8, 4) is 17.2 Å². The number of anilines is 3. The van der Waals surface area contributed by atoms with E-state index in [-0.39, 0.29) is 12.4 Å². The number of nitrogens with one attached hydrogen (secondary N) is 3. The molecule has 3 aromatic rings. The SMILES string of the molecule is COc1cc(CNc2ccc(NC(=O)Oc3ccccc3)c(N)[nH+]2)cc(OC)c1.[Cl-]. The second kappa shape index (κ2) is 10.8. The number of hydrogen-bond donors (Lipinski definition) is 3. The number of aromatic amines is 1. The number of rotatable bonds is 7. The second-order valence-corrected chi connectivity index (χ2v) is 6.10. The van der Waals surface area contributed by atoms with Crippen LogP contribution >= 0.6 is 0 Å². The molecule has 0 saturated carbocycles. The van der Waals surface area contributed by atoms with Gasteiger partial charge in [-0.3, -0.25) is 5.32 Å². The molecule has 0 aliphatic rings. The van der Waals surface area contributed by atoms with Crippen molar-refractivity contribution in [2.75, 3.05) is 30.6 Å². The molecular formula is C21H23ClN4O4. The van der Waals surface area contributed by atoms with Crippen LogP contribution in [0.4, 0.5) is 22.1 Å². The Labute approximate surface area is 180 Å². The van der Waals surface area contributed by atoms with Gasteiger partial charge in [-0.25, -0.2) is 9.78 Å². The third-order valence-corrected chi connectivity index (χ3v) is 4.06. The minimum Gasteiger partial charge on any atom is -1.00 e. The lowest BCUT2D eigenvalue weighted by atomic mass is 10.2. The summed E-state index contributed by atoms with van der Waals surface area (Å²) < 4.78 is 15.7. The molecule has 1 amide bonds. The number of nitrogens with two attached hydrogens (primary N) is 1. The van der Waals surface area contributed by atoms with Gasteiger partial charge in [0.1, 0.15) is 22.9 Å². The van der Waals surface area contributed by atoms with Gasteiger partial charge in [0.25, 0.3) is 0 Å². The minimum absolute atomic E-state index is 0. The van der Waals surface area contributed by atoms with Gasteiger partial charge >= 0.3 is 6.09 Å². The minimum atomic E-state index is -0.625. The molecule has 30 heavy (non-hydrogen) atoms. The largest absolute Gasteiger partial charge is 1.00 e. The summed E-state index contributed by atoms with van der Waals surface area (Å²) in [6.45, 7) is 0.520. The first-order chi connectivity index (χ1) is 14.1. The molecule has 2 aromatic carbocycles. The molecule has 0 atom stereocenters. The maximum atomic E-state index is 12.0. The van der Waals surface area contributed by atoms with E-state index in [0.717, 1.165) is 5.56 Å². The molecule has 158 valence electrons. The van der Waals surface area contributed by atoms with E-state index in [1.165, 1.54) is 0 Å². The Morgan fingerprint density at radius 3 is 2.23 bits per heavy atom. The summed E-state index contributed by atoms with van der Waals surface area (Å²) in [6, 6.07) is 17.9. The fraction of sp³-hybridized carbons (Fsp3) is 0.143. The monoisotopic (exact) mass is 430 g/mol. The molecule has 8 nitrogen and oxygen atoms in total. The number of para-hydroxylation sites is 1. The predicted octanol–water partition coefficient (Wildman–Crippen LogP) is 0.327. The number of amides is 1. The standard InChI is InChI=1S/C21H22N4O4.ClH/c1-27-16-10-14(11-17(12-16)28-2)13-23-19-9-8-18(20(22)25-19)24-21(26)29-15-6-4-3-5-7-15;/h3-12H,13H2,1-2H3,(H,24,26)(H3,22,23,25);1H. The molecule has 1 aromatic heterocycles. The Morgan fingerprint density at radius 2 is 1.63 bits per heavy atom. The quantitative estimate of drug-likeness (QED) is 0.498. The lowest BCUT2D eigenvalue weighted by molar-refractivity contribution is -0.342. The molecular weight excluding hydrogens is 408 g/mol. The van der Waals surface area contributed by atoms with Crippen molar-refractivity contribution in [1.82, 2.24) is 0 Å². The molecule has 9 heteroatoms. The first-order valence-corrected chi connectivity index (χ1v) is 8.89. The van der Waals surface area contributed by atoms with Crippen LogP contribution in [0.25, 0.3) is 0 Å². The number of carbonyl (C=O) groups is 1. The van der Waals surface area contributed by atoms with Gasteiger partial charge < -0.3 is 37.7 Å². The van der Waals surface area contributed by atoms with Crippen LogP contribution < -0.4 is 48.0 Å². The van der Waals surface area contributed by atoms with Crippen molar-refractivity contribution < 1.29 is 36.4 Å². The number of aromatic nitrogens is 1. The van der Waals surface area contributed by atoms with Crippen LogP contribution in [0.15, 0.2) is 60.7 Å². The first kappa shape index (κ1) is 22.6. The number of nitrogen functional groups attached to an aromatic ring is 1. The van der Waals surface area contributed by atoms with E-state index in [0.29, 0.717) is 41.1 Å². The summed E-state index contributed by atoms with van der Waals surface area (Å²) in [5.74, 6) is 2.84. The Morgan fingerprint density at radius 1 is 0.967 bits per heavy atom. The van der Waals surface area contributed by atoms with Crippen molar-refractivity contribution in [2.24, 2.45) is 0 Å². The van der Waals surface area contributed by atoms with E-state index in [1.54, 1.807) is 50.6 Å². The average Bonchev–Trinajstić information content (AvgIpc) is 2.74. The highest BCUT2D eigenvalue weighted by molar-refractivity contribution is 5.88. The van der Waals surface area contributed by atoms with Crippen molar-refractivity contribution in [3.05, 3.63) is 66.2 Å². The highest BCUT2D eigenvalue weighted by Gasteiger charge is 2.12. The molecule has 0 aliphatic carbocycles. The van der Waals surface area contributed by atoms with Gasteiger partial charge in [0.2, 0.25) is 11.6 Å². The van der Waals surface area contributed by atoms with Crippen LogP contribution in [-0.4, -0.2) is 20.3 Å². The Hall–Kier alpha value is -3.65. The van der Waals surface area contributed by atoms with E-state index in [9.17, 15) is 4.79 Å². The fourth-order valence-electron chi connectivity index (χ4n) is 2.62. The number of ether oxygens (including phenoxy) is 3. The highest BCUT2D eigenvalue weighted by atomic mass is 35.5. The van der Waals surface area contributed by atoms with Crippen molar-refractivity contribution in [2.45, 2.75) is 6.54 Å². The van der Waals surface area contributed by atoms with Crippen molar-refractivity contribution in [3.63, 3.8) is 0 Å². The topological polar surface area (TPSA) is 109 Å². The molecule has 0 unspecified atom stereocenters. The molecule has 0 aliphatic heterocycles. The van der Waals surface area contributed by atoms with Gasteiger partial charge in [-0.05, 0) is 35.9 Å². The van der Waals surface area contributed by atoms with Crippen molar-refractivity contribution >= 4 is 23.4 Å². The zero-order chi connectivity index (χ0) is 20.6. The number of halogens is 1. The first-order valence-electron chi connectivity index (χ1n) is 8.89.